The first kappa shape index (κ1) is 101. The number of carbonyl (C=O) groups is 15. The number of rotatable bonds is 19. The van der Waals surface area contributed by atoms with E-state index in [1.807, 2.05) is 48.5 Å². The second-order valence-electron chi connectivity index (χ2n) is 34.5. The Morgan fingerprint density at radius 1 is 0.364 bits per heavy atom. The van der Waals surface area contributed by atoms with E-state index >= 15 is 47.9 Å². The van der Waals surface area contributed by atoms with Gasteiger partial charge in [0.05, 0.1) is 12.7 Å². The molecule has 2 aromatic carbocycles. The minimum atomic E-state index is -2.01. The SMILES string of the molecule is CC[C@H](C)[C@@H]1NC(=O)[C@H](CC(C)C)N(C)C(=O)[C@H](C)N(C)C(=O)[C@H](Cc2ccccc2)N(C)C(=O)[C@@H](C)N(C)C(=O)[C@@H](C(=O)N2CCCCC2)NC(=O)[C@H](CC(C)C)N(C)C(=O)[C@H]([C@@H](C)O)NC(=O)[C@H](CO)NC(=O)[C@H](CC(C)C)NC(=O)[C@H](C)N(C)C(=O)[C@H](CC(C)C)N(C)C(=O)[C@H](Cc2ccccc2)NC(=O)[C@H](CC(C)C)N(C)C1=O. The van der Waals surface area contributed by atoms with E-state index in [-0.39, 0.29) is 87.6 Å². The van der Waals surface area contributed by atoms with E-state index in [1.54, 1.807) is 95.3 Å². The fourth-order valence-corrected chi connectivity index (χ4v) is 14.7. The molecule has 2 saturated heterocycles. The Morgan fingerprint density at radius 3 is 1.17 bits per heavy atom. The highest BCUT2D eigenvalue weighted by atomic mass is 16.3. The van der Waals surface area contributed by atoms with Crippen molar-refractivity contribution in [1.29, 1.82) is 0 Å². The lowest BCUT2D eigenvalue weighted by Crippen LogP contribution is -2.64. The van der Waals surface area contributed by atoms with Gasteiger partial charge in [-0.2, -0.15) is 0 Å². The molecule has 8 N–H and O–H groups in total. The number of aliphatic hydroxyl groups excluding tert-OH is 2. The van der Waals surface area contributed by atoms with Crippen LogP contribution in [0.1, 0.15) is 180 Å². The number of piperidine rings is 1. The van der Waals surface area contributed by atoms with Crippen LogP contribution in [-0.2, 0) is 84.8 Å². The molecule has 2 aliphatic heterocycles. The van der Waals surface area contributed by atoms with E-state index in [9.17, 15) is 34.2 Å². The van der Waals surface area contributed by atoms with Gasteiger partial charge >= 0.3 is 0 Å². The van der Waals surface area contributed by atoms with Crippen LogP contribution in [0.25, 0.3) is 0 Å². The highest BCUT2D eigenvalue weighted by Gasteiger charge is 2.47. The van der Waals surface area contributed by atoms with Crippen molar-refractivity contribution < 1.29 is 82.1 Å². The van der Waals surface area contributed by atoms with Crippen molar-refractivity contribution in [2.24, 2.45) is 35.5 Å². The molecule has 2 aromatic rings. The van der Waals surface area contributed by atoms with Crippen LogP contribution in [0.4, 0.5) is 0 Å². The molecular weight excluding hydrogens is 1520 g/mol. The Morgan fingerprint density at radius 2 is 0.720 bits per heavy atom. The maximum atomic E-state index is 15.4. The minimum absolute atomic E-state index is 0.0464. The molecule has 0 bridgehead atoms. The number of likely N-dealkylation sites (N-methyl/N-ethyl adjacent to an activating group) is 8. The summed E-state index contributed by atoms with van der Waals surface area (Å²) in [5.41, 5.74) is 1.23. The molecule has 2 fully saturated rings. The summed E-state index contributed by atoms with van der Waals surface area (Å²) in [6, 6.07) is -3.09. The predicted octanol–water partition coefficient (Wildman–Crippen LogP) is 2.73. The average molecular weight is 1660 g/mol. The molecule has 660 valence electrons. The van der Waals surface area contributed by atoms with Crippen LogP contribution in [-0.4, -0.2) is 310 Å². The summed E-state index contributed by atoms with van der Waals surface area (Å²) in [5.74, 6) is -14.6. The van der Waals surface area contributed by atoms with Crippen molar-refractivity contribution in [2.45, 2.75) is 272 Å². The van der Waals surface area contributed by atoms with Crippen LogP contribution in [0.2, 0.25) is 0 Å². The number of benzene rings is 2. The van der Waals surface area contributed by atoms with Gasteiger partial charge in [-0.1, -0.05) is 150 Å². The van der Waals surface area contributed by atoms with Crippen LogP contribution in [0.5, 0.6) is 0 Å². The van der Waals surface area contributed by atoms with E-state index < -0.39 is 192 Å². The van der Waals surface area contributed by atoms with Gasteiger partial charge in [0.2, 0.25) is 76.8 Å². The van der Waals surface area contributed by atoms with Crippen LogP contribution in [0.3, 0.4) is 0 Å². The normalized spacial score (nSPS) is 26.7. The van der Waals surface area contributed by atoms with E-state index in [0.29, 0.717) is 30.4 Å². The Hall–Kier alpha value is -9.59. The number of aliphatic hydroxyl groups is 2. The van der Waals surface area contributed by atoms with Gasteiger partial charge in [0.15, 0.2) is 6.04 Å². The lowest BCUT2D eigenvalue weighted by molar-refractivity contribution is -0.155. The van der Waals surface area contributed by atoms with Gasteiger partial charge in [-0.3, -0.25) is 71.9 Å². The average Bonchev–Trinajstić information content (AvgIpc) is 0.807. The second kappa shape index (κ2) is 46.7. The molecule has 0 aliphatic carbocycles. The Bertz CT molecular complexity index is 3740. The maximum Gasteiger partial charge on any atom is 0.255 e. The third-order valence-electron chi connectivity index (χ3n) is 22.8. The van der Waals surface area contributed by atoms with E-state index in [4.69, 9.17) is 0 Å². The van der Waals surface area contributed by atoms with Crippen LogP contribution in [0, 0.1) is 35.5 Å². The summed E-state index contributed by atoms with van der Waals surface area (Å²) in [6.07, 6.45) is 0.384. The Kier molecular flexibility index (Phi) is 39.9. The van der Waals surface area contributed by atoms with Gasteiger partial charge in [-0.25, -0.2) is 0 Å². The third kappa shape index (κ3) is 27.8. The van der Waals surface area contributed by atoms with Gasteiger partial charge in [0, 0.05) is 82.3 Å². The molecule has 32 nitrogen and oxygen atoms in total. The number of nitrogens with zero attached hydrogens (tertiary/aromatic N) is 9. The highest BCUT2D eigenvalue weighted by Crippen LogP contribution is 2.25. The molecule has 0 radical (unpaired) electrons. The second-order valence-corrected chi connectivity index (χ2v) is 34.5. The fraction of sp³-hybridized carbons (Fsp3) is 0.686. The minimum Gasteiger partial charge on any atom is -0.394 e. The summed E-state index contributed by atoms with van der Waals surface area (Å²) in [6.45, 7) is 26.4. The molecule has 0 spiro atoms. The summed E-state index contributed by atoms with van der Waals surface area (Å²) in [7, 11) is 10.8. The first-order chi connectivity index (χ1) is 55.1. The molecule has 0 unspecified atom stereocenters. The molecule has 2 heterocycles. The molecule has 118 heavy (non-hydrogen) atoms. The molecule has 16 atom stereocenters. The van der Waals surface area contributed by atoms with Crippen molar-refractivity contribution in [3.63, 3.8) is 0 Å². The molecule has 0 saturated carbocycles. The van der Waals surface area contributed by atoms with E-state index in [1.165, 1.54) is 104 Å². The zero-order valence-electron chi connectivity index (χ0n) is 74.3. The number of likely N-dealkylation sites (tertiary alicyclic amines) is 1. The number of hydrogen-bond donors (Lipinski definition) is 8. The van der Waals surface area contributed by atoms with E-state index in [2.05, 4.69) is 31.9 Å². The van der Waals surface area contributed by atoms with E-state index in [0.717, 1.165) is 30.9 Å². The van der Waals surface area contributed by atoms with Crippen LogP contribution < -0.4 is 31.9 Å². The van der Waals surface area contributed by atoms with Gasteiger partial charge in [0.25, 0.3) is 11.8 Å². The number of carbonyl (C=O) groups excluding carboxylic acids is 15. The molecule has 32 heteroatoms. The standard InChI is InChI=1S/C86H139N15O17/c1-25-54(12)69-83(115)97(21)64(42-50(4)5)75(107)88-62(46-59-35-29-26-30-36-59)80(112)100(24)67(45-53(10)11)81(113)93(17)55(13)72(104)87-61(41-49(2)3)73(105)89-63(48-102)74(106)91-70(58(16)103)84(116)98(22)66(44-52(8)9)77(109)92-71(86(118)101-39-33-28-34-40-101)85(117)95(19)57(15)79(111)99(23)68(47-60-37-31-27-32-38-60)82(114)94(18)56(14)78(110)96(20)65(43-51(6)7)76(108)90-69/h26-27,29-32,35-38,49-58,61-71,102-103H,25,28,33-34,39-48H2,1-24H3,(H,87,104)(H,88,107)(H,89,105)(H,90,108)(H,91,106)(H,92,109)/t54-,55-,56-,57+,58+,61-,62-,63-,64-,65-,66-,67-,68-,69-,70-,71-/m0/s1. The summed E-state index contributed by atoms with van der Waals surface area (Å²) in [4.78, 5) is 236. The van der Waals surface area contributed by atoms with Crippen molar-refractivity contribution >= 4 is 88.6 Å². The fourth-order valence-electron chi connectivity index (χ4n) is 14.7. The third-order valence-corrected chi connectivity index (χ3v) is 22.8. The van der Waals surface area contributed by atoms with Crippen LogP contribution in [0.15, 0.2) is 60.7 Å². The van der Waals surface area contributed by atoms with Crippen LogP contribution >= 0.6 is 0 Å². The molecule has 4 rings (SSSR count). The number of amides is 15. The maximum absolute atomic E-state index is 15.4. The smallest absolute Gasteiger partial charge is 0.255 e. The first-order valence-electron chi connectivity index (χ1n) is 41.8. The summed E-state index contributed by atoms with van der Waals surface area (Å²) in [5, 5.41) is 38.1. The molecule has 15 amide bonds. The van der Waals surface area contributed by atoms with Crippen molar-refractivity contribution in [1.82, 2.24) is 76.0 Å². The van der Waals surface area contributed by atoms with Crippen molar-refractivity contribution in [3.8, 4) is 0 Å². The Balaban J connectivity index is 1.99. The lowest BCUT2D eigenvalue weighted by Gasteiger charge is -2.39. The van der Waals surface area contributed by atoms with Crippen molar-refractivity contribution in [3.05, 3.63) is 71.8 Å². The molecule has 2 aliphatic rings. The molecular formula is C86H139N15O17. The zero-order chi connectivity index (χ0) is 89.3. The number of nitrogens with one attached hydrogen (secondary N) is 6. The monoisotopic (exact) mass is 1650 g/mol. The number of hydrogen-bond acceptors (Lipinski definition) is 17. The largest absolute Gasteiger partial charge is 0.394 e. The van der Waals surface area contributed by atoms with Crippen molar-refractivity contribution in [2.75, 3.05) is 76.1 Å². The lowest BCUT2D eigenvalue weighted by atomic mass is 9.94. The Labute approximate surface area is 699 Å². The quantitative estimate of drug-likeness (QED) is 0.0937. The zero-order valence-corrected chi connectivity index (χ0v) is 74.3. The molecule has 0 aromatic heterocycles. The van der Waals surface area contributed by atoms with Gasteiger partial charge < -0.3 is 86.2 Å². The van der Waals surface area contributed by atoms with Gasteiger partial charge in [-0.15, -0.1) is 0 Å². The first-order valence-corrected chi connectivity index (χ1v) is 41.8. The van der Waals surface area contributed by atoms with Gasteiger partial charge in [-0.05, 0) is 126 Å². The summed E-state index contributed by atoms with van der Waals surface area (Å²) >= 11 is 0. The van der Waals surface area contributed by atoms with Gasteiger partial charge in [0.1, 0.15) is 78.5 Å². The topological polar surface area (TPSA) is 398 Å². The summed E-state index contributed by atoms with van der Waals surface area (Å²) < 4.78 is 0. The predicted molar refractivity (Wildman–Crippen MR) is 447 cm³/mol. The highest BCUT2D eigenvalue weighted by molar-refractivity contribution is 6.09.